The van der Waals surface area contributed by atoms with Gasteiger partial charge < -0.3 is 19.3 Å². The Bertz CT molecular complexity index is 4680. The quantitative estimate of drug-likeness (QED) is 0.160. The first kappa shape index (κ1) is 52.3. The second kappa shape index (κ2) is 18.6. The Morgan fingerprint density at radius 1 is 0.349 bits per heavy atom. The van der Waals surface area contributed by atoms with Crippen LogP contribution in [-0.4, -0.2) is 11.3 Å². The van der Waals surface area contributed by atoms with Gasteiger partial charge in [-0.25, -0.2) is 0 Å². The number of hydrogen-bond donors (Lipinski definition) is 0. The van der Waals surface area contributed by atoms with Crippen molar-refractivity contribution in [3.8, 4) is 16.8 Å². The zero-order chi connectivity index (χ0) is 58.8. The van der Waals surface area contributed by atoms with Crippen LogP contribution in [-0.2, 0) is 28.1 Å². The van der Waals surface area contributed by atoms with Crippen LogP contribution in [0.1, 0.15) is 114 Å². The van der Waals surface area contributed by atoms with Gasteiger partial charge in [-0.05, 0) is 167 Å². The van der Waals surface area contributed by atoms with E-state index in [0.717, 1.165) is 40.2 Å². The molecule has 0 saturated carbocycles. The fourth-order valence-corrected chi connectivity index (χ4v) is 15.4. The molecule has 0 saturated heterocycles. The first-order chi connectivity index (χ1) is 41.5. The van der Waals surface area contributed by atoms with E-state index in [9.17, 15) is 0 Å². The lowest BCUT2D eigenvalue weighted by molar-refractivity contribution is 0.590. The second-order valence-electron chi connectivity index (χ2n) is 27.6. The summed E-state index contributed by atoms with van der Waals surface area (Å²) in [7, 11) is 0. The van der Waals surface area contributed by atoms with E-state index >= 15 is 0 Å². The molecule has 11 aromatic carbocycles. The lowest BCUT2D eigenvalue weighted by Gasteiger charge is -2.45. The number of fused-ring (bicyclic) bond motifs is 16. The summed E-state index contributed by atoms with van der Waals surface area (Å²) in [6.45, 7) is 23.2. The minimum absolute atomic E-state index is 0.0112. The fourth-order valence-electron chi connectivity index (χ4n) is 15.4. The highest BCUT2D eigenvalue weighted by atomic mass is 15.2. The van der Waals surface area contributed by atoms with Crippen LogP contribution >= 0.6 is 0 Å². The maximum Gasteiger partial charge on any atom is 0.252 e. The summed E-state index contributed by atoms with van der Waals surface area (Å²) in [5.74, 6) is 0. The summed E-state index contributed by atoms with van der Waals surface area (Å²) in [5, 5.41) is 2.42. The van der Waals surface area contributed by atoms with Crippen LogP contribution < -0.4 is 31.1 Å². The van der Waals surface area contributed by atoms with Crippen molar-refractivity contribution in [2.24, 2.45) is 0 Å². The molecule has 4 heterocycles. The molecule has 5 heteroatoms. The molecule has 86 heavy (non-hydrogen) atoms. The predicted octanol–water partition coefficient (Wildman–Crippen LogP) is 19.5. The third-order valence-corrected chi connectivity index (χ3v) is 19.6. The predicted molar refractivity (Wildman–Crippen MR) is 366 cm³/mol. The van der Waals surface area contributed by atoms with Crippen molar-refractivity contribution in [3.63, 3.8) is 0 Å². The third kappa shape index (κ3) is 7.43. The number of rotatable bonds is 5. The maximum absolute atomic E-state index is 2.61. The standard InChI is InChI=1S/C81H71BN4/c1-11-51-35-41-55(42-36-51)83-71-45-39-53(79(5,6)7)47-66(71)82-67-48-54(80(8,9)10)40-46-72(67)84(56-43-37-52(38-44-56)78(2,3)4)75-50-57(49-74(83)76(75)82)85-68-31-19-14-25-60(68)61-26-22-34-73(77(61)85)86-69-32-20-17-29-64(69)81(65-30-18-21-33-70(65)86)62-27-15-12-23-58(62)59-24-13-16-28-63(59)81/h12-50H,11H2,1-10H3. The van der Waals surface area contributed by atoms with Gasteiger partial charge in [-0.2, -0.15) is 0 Å². The van der Waals surface area contributed by atoms with E-state index in [4.69, 9.17) is 0 Å². The Morgan fingerprint density at radius 2 is 0.791 bits per heavy atom. The Hall–Kier alpha value is -9.32. The number of para-hydroxylation sites is 4. The first-order valence-corrected chi connectivity index (χ1v) is 31.0. The first-order valence-electron chi connectivity index (χ1n) is 31.0. The van der Waals surface area contributed by atoms with E-state index < -0.39 is 5.41 Å². The summed E-state index contributed by atoms with van der Waals surface area (Å²) in [5.41, 5.74) is 30.4. The Balaban J connectivity index is 1.02. The monoisotopic (exact) mass is 1110 g/mol. The maximum atomic E-state index is 2.61. The van der Waals surface area contributed by atoms with Gasteiger partial charge in [0, 0.05) is 44.9 Å². The highest BCUT2D eigenvalue weighted by Crippen LogP contribution is 2.64. The summed E-state index contributed by atoms with van der Waals surface area (Å²) in [6, 6.07) is 91.4. The lowest BCUT2D eigenvalue weighted by atomic mass is 9.33. The summed E-state index contributed by atoms with van der Waals surface area (Å²) in [6.07, 6.45) is 0.971. The van der Waals surface area contributed by atoms with Gasteiger partial charge in [0.05, 0.1) is 39.2 Å². The fraction of sp³-hybridized carbons (Fsp3) is 0.185. The average Bonchev–Trinajstić information content (AvgIpc) is 1.56. The van der Waals surface area contributed by atoms with Crippen LogP contribution in [0.15, 0.2) is 237 Å². The zero-order valence-corrected chi connectivity index (χ0v) is 51.1. The highest BCUT2D eigenvalue weighted by molar-refractivity contribution is 7.00. The van der Waals surface area contributed by atoms with Crippen LogP contribution in [0, 0.1) is 0 Å². The van der Waals surface area contributed by atoms with Gasteiger partial charge in [-0.15, -0.1) is 0 Å². The van der Waals surface area contributed by atoms with Crippen molar-refractivity contribution in [2.75, 3.05) is 14.7 Å². The number of aryl methyl sites for hydroxylation is 1. The molecule has 3 aliphatic heterocycles. The van der Waals surface area contributed by atoms with E-state index in [0.29, 0.717) is 0 Å². The third-order valence-electron chi connectivity index (χ3n) is 19.6. The number of anilines is 9. The van der Waals surface area contributed by atoms with Crippen LogP contribution in [0.5, 0.6) is 0 Å². The number of benzene rings is 11. The summed E-state index contributed by atoms with van der Waals surface area (Å²) < 4.78 is 2.61. The van der Waals surface area contributed by atoms with Crippen LogP contribution in [0.3, 0.4) is 0 Å². The van der Waals surface area contributed by atoms with Crippen molar-refractivity contribution >= 4 is 96.1 Å². The molecule has 0 fully saturated rings. The van der Waals surface area contributed by atoms with E-state index in [2.05, 4.69) is 325 Å². The van der Waals surface area contributed by atoms with Gasteiger partial charge in [0.25, 0.3) is 6.71 Å². The van der Waals surface area contributed by atoms with Gasteiger partial charge >= 0.3 is 0 Å². The molecule has 0 radical (unpaired) electrons. The van der Waals surface area contributed by atoms with Gasteiger partial charge in [0.15, 0.2) is 0 Å². The number of nitrogens with zero attached hydrogens (tertiary/aromatic N) is 4. The summed E-state index contributed by atoms with van der Waals surface area (Å²) in [4.78, 5) is 7.79. The Labute approximate surface area is 507 Å². The Kier molecular flexibility index (Phi) is 11.3. The number of aromatic nitrogens is 1. The molecule has 0 unspecified atom stereocenters. The van der Waals surface area contributed by atoms with Crippen molar-refractivity contribution in [1.82, 2.24) is 4.57 Å². The van der Waals surface area contributed by atoms with Gasteiger partial charge in [0.1, 0.15) is 0 Å². The molecular formula is C81H71BN4. The molecule has 0 atom stereocenters. The highest BCUT2D eigenvalue weighted by Gasteiger charge is 2.52. The molecule has 418 valence electrons. The SMILES string of the molecule is CCc1ccc(N2c3ccc(C(C)(C)C)cc3B3c4cc(C(C)(C)C)ccc4N(c4ccc(C(C)(C)C)cc4)c4cc(-n5c6ccccc6c6cccc(N7c8ccccc8C8(c9ccccc9-c9ccccc98)c8ccccc87)c65)cc2c43)cc1. The lowest BCUT2D eigenvalue weighted by Crippen LogP contribution is -2.61. The normalized spacial score (nSPS) is 14.4. The van der Waals surface area contributed by atoms with Crippen molar-refractivity contribution < 1.29 is 0 Å². The van der Waals surface area contributed by atoms with Crippen LogP contribution in [0.25, 0.3) is 38.6 Å². The average molecular weight is 1110 g/mol. The van der Waals surface area contributed by atoms with Crippen LogP contribution in [0.4, 0.5) is 51.2 Å². The molecule has 1 aromatic heterocycles. The van der Waals surface area contributed by atoms with Gasteiger partial charge in [-0.1, -0.05) is 233 Å². The largest absolute Gasteiger partial charge is 0.311 e. The molecule has 16 rings (SSSR count). The van der Waals surface area contributed by atoms with Crippen molar-refractivity contribution in [2.45, 2.75) is 97.3 Å². The van der Waals surface area contributed by atoms with Crippen molar-refractivity contribution in [1.29, 1.82) is 0 Å². The summed E-state index contributed by atoms with van der Waals surface area (Å²) >= 11 is 0. The molecule has 12 aromatic rings. The molecule has 1 spiro atoms. The zero-order valence-electron chi connectivity index (χ0n) is 51.1. The molecule has 4 nitrogen and oxygen atoms in total. The molecule has 4 aliphatic rings. The molecule has 1 aliphatic carbocycles. The second-order valence-corrected chi connectivity index (χ2v) is 27.6. The number of hydrogen-bond acceptors (Lipinski definition) is 3. The van der Waals surface area contributed by atoms with E-state index in [1.165, 1.54) is 117 Å². The smallest absolute Gasteiger partial charge is 0.252 e. The minimum atomic E-state index is -0.531. The van der Waals surface area contributed by atoms with E-state index in [-0.39, 0.29) is 23.0 Å². The topological polar surface area (TPSA) is 14.7 Å². The van der Waals surface area contributed by atoms with Gasteiger partial charge in [0.2, 0.25) is 0 Å². The molecule has 0 N–H and O–H groups in total. The van der Waals surface area contributed by atoms with E-state index in [1.807, 2.05) is 0 Å². The molecular weight excluding hydrogens is 1040 g/mol. The van der Waals surface area contributed by atoms with Crippen molar-refractivity contribution in [3.05, 3.63) is 281 Å². The van der Waals surface area contributed by atoms with E-state index in [1.54, 1.807) is 0 Å². The minimum Gasteiger partial charge on any atom is -0.311 e. The molecule has 0 bridgehead atoms. The van der Waals surface area contributed by atoms with Gasteiger partial charge in [-0.3, -0.25) is 0 Å². The molecule has 0 amide bonds. The Morgan fingerprint density at radius 3 is 1.31 bits per heavy atom. The van der Waals surface area contributed by atoms with Crippen LogP contribution in [0.2, 0.25) is 0 Å².